The van der Waals surface area contributed by atoms with Gasteiger partial charge in [0.15, 0.2) is 0 Å². The van der Waals surface area contributed by atoms with Crippen LogP contribution >= 0.6 is 0 Å². The Bertz CT molecular complexity index is 805. The lowest BCUT2D eigenvalue weighted by atomic mass is 10.1. The second kappa shape index (κ2) is 21.9. The zero-order valence-electron chi connectivity index (χ0n) is 22.1. The summed E-state index contributed by atoms with van der Waals surface area (Å²) in [6, 6.07) is 4.86. The van der Waals surface area contributed by atoms with Crippen LogP contribution in [0.15, 0.2) is 35.4 Å². The molecule has 1 aromatic carbocycles. The first-order valence-corrected chi connectivity index (χ1v) is 12.2. The fourth-order valence-corrected chi connectivity index (χ4v) is 2.76. The van der Waals surface area contributed by atoms with Crippen LogP contribution < -0.4 is 0 Å². The minimum absolute atomic E-state index is 0.259. The molecule has 7 nitrogen and oxygen atoms in total. The molecular weight excluding hydrogens is 451 g/mol. The highest BCUT2D eigenvalue weighted by molar-refractivity contribution is 5.81. The number of rotatable bonds is 14. The molecular formula is C27H43FN2O5. The van der Waals surface area contributed by atoms with E-state index >= 15 is 0 Å². The Hall–Kier alpha value is -2.58. The van der Waals surface area contributed by atoms with E-state index in [9.17, 15) is 9.18 Å². The number of halogens is 1. The minimum Gasteiger partial charge on any atom is -0.463 e. The largest absolute Gasteiger partial charge is 0.463 e. The van der Waals surface area contributed by atoms with Crippen molar-refractivity contribution in [3.63, 3.8) is 0 Å². The highest BCUT2D eigenvalue weighted by atomic mass is 19.1. The predicted octanol–water partition coefficient (Wildman–Crippen LogP) is 6.63. The molecule has 0 fully saturated rings. The van der Waals surface area contributed by atoms with E-state index in [0.717, 1.165) is 38.9 Å². The molecule has 35 heavy (non-hydrogen) atoms. The van der Waals surface area contributed by atoms with Crippen LogP contribution in [0, 0.1) is 19.7 Å². The van der Waals surface area contributed by atoms with Crippen LogP contribution in [-0.2, 0) is 19.0 Å². The molecule has 0 aliphatic rings. The van der Waals surface area contributed by atoms with Crippen molar-refractivity contribution in [2.45, 2.75) is 72.1 Å². The predicted molar refractivity (Wildman–Crippen MR) is 137 cm³/mol. The van der Waals surface area contributed by atoms with E-state index in [4.69, 9.17) is 18.7 Å². The smallest absolute Gasteiger partial charge is 0.330 e. The van der Waals surface area contributed by atoms with E-state index in [-0.39, 0.29) is 11.8 Å². The molecule has 0 aliphatic heterocycles. The molecule has 0 unspecified atom stereocenters. The summed E-state index contributed by atoms with van der Waals surface area (Å²) >= 11 is 0. The first-order chi connectivity index (χ1) is 16.9. The molecule has 1 heterocycles. The van der Waals surface area contributed by atoms with Gasteiger partial charge in [0, 0.05) is 46.0 Å². The van der Waals surface area contributed by atoms with Gasteiger partial charge < -0.3 is 18.7 Å². The fourth-order valence-electron chi connectivity index (χ4n) is 2.76. The zero-order chi connectivity index (χ0) is 26.3. The van der Waals surface area contributed by atoms with Gasteiger partial charge in [0.2, 0.25) is 11.7 Å². The van der Waals surface area contributed by atoms with Gasteiger partial charge in [-0.1, -0.05) is 56.5 Å². The molecule has 0 N–H and O–H groups in total. The summed E-state index contributed by atoms with van der Waals surface area (Å²) in [4.78, 5) is 14.6. The number of carbonyl (C=O) groups is 1. The lowest BCUT2D eigenvalue weighted by Gasteiger charge is -2.01. The van der Waals surface area contributed by atoms with E-state index < -0.39 is 0 Å². The number of hydrogen-bond acceptors (Lipinski definition) is 7. The fraction of sp³-hybridized carbons (Fsp3) is 0.593. The SMILES string of the molecule is C=CC(=O)OCCCCCCOC.CCCCCCOC.Cc1nc(-c2ccc(C)c(F)c2)no1. The summed E-state index contributed by atoms with van der Waals surface area (Å²) in [5.74, 6) is 0.296. The third kappa shape index (κ3) is 17.5. The highest BCUT2D eigenvalue weighted by Gasteiger charge is 2.07. The maximum Gasteiger partial charge on any atom is 0.330 e. The quantitative estimate of drug-likeness (QED) is 0.166. The summed E-state index contributed by atoms with van der Waals surface area (Å²) in [7, 11) is 3.46. The third-order valence-electron chi connectivity index (χ3n) is 4.81. The third-order valence-corrected chi connectivity index (χ3v) is 4.81. The zero-order valence-corrected chi connectivity index (χ0v) is 22.1. The first-order valence-electron chi connectivity index (χ1n) is 12.2. The molecule has 0 atom stereocenters. The first kappa shape index (κ1) is 32.4. The molecule has 8 heteroatoms. The van der Waals surface area contributed by atoms with Gasteiger partial charge in [-0.05, 0) is 44.2 Å². The summed E-state index contributed by atoms with van der Waals surface area (Å²) in [5, 5.41) is 3.70. The molecule has 0 bridgehead atoms. The van der Waals surface area contributed by atoms with Gasteiger partial charge in [0.25, 0.3) is 0 Å². The number of aromatic nitrogens is 2. The van der Waals surface area contributed by atoms with Crippen LogP contribution in [0.5, 0.6) is 0 Å². The van der Waals surface area contributed by atoms with E-state index in [1.807, 2.05) is 0 Å². The Morgan fingerprint density at radius 3 is 2.09 bits per heavy atom. The van der Waals surface area contributed by atoms with Crippen molar-refractivity contribution >= 4 is 5.97 Å². The van der Waals surface area contributed by atoms with Gasteiger partial charge in [-0.3, -0.25) is 0 Å². The Kier molecular flexibility index (Phi) is 20.3. The van der Waals surface area contributed by atoms with E-state index in [1.165, 1.54) is 37.8 Å². The summed E-state index contributed by atoms with van der Waals surface area (Å²) < 4.78 is 32.6. The number of esters is 1. The van der Waals surface area contributed by atoms with Crippen molar-refractivity contribution < 1.29 is 27.9 Å². The number of unbranched alkanes of at least 4 members (excludes halogenated alkanes) is 6. The average Bonchev–Trinajstić information content (AvgIpc) is 3.30. The van der Waals surface area contributed by atoms with Gasteiger partial charge in [-0.15, -0.1) is 0 Å². The van der Waals surface area contributed by atoms with Gasteiger partial charge in [0.1, 0.15) is 5.82 Å². The van der Waals surface area contributed by atoms with Crippen molar-refractivity contribution in [3.05, 3.63) is 48.1 Å². The van der Waals surface area contributed by atoms with Crippen LogP contribution in [0.3, 0.4) is 0 Å². The number of benzene rings is 1. The normalized spacial score (nSPS) is 10.0. The van der Waals surface area contributed by atoms with Crippen molar-refractivity contribution in [2.24, 2.45) is 0 Å². The molecule has 2 rings (SSSR count). The van der Waals surface area contributed by atoms with Crippen molar-refractivity contribution in [1.82, 2.24) is 10.1 Å². The molecule has 0 saturated heterocycles. The Balaban J connectivity index is 0.000000516. The number of nitrogens with zero attached hydrogens (tertiary/aromatic N) is 2. The topological polar surface area (TPSA) is 83.7 Å². The Morgan fingerprint density at radius 2 is 1.60 bits per heavy atom. The van der Waals surface area contributed by atoms with Crippen molar-refractivity contribution in [1.29, 1.82) is 0 Å². The standard InChI is InChI=1S/C10H9FN2O.C10H18O3.C7H16O/c1-6-3-4-8(5-9(6)11)10-12-7(2)14-13-10;1-3-10(11)13-9-7-5-4-6-8-12-2;1-3-4-5-6-7-8-2/h3-5H,1-2H3;3H,1,4-9H2,2H3;3-7H2,1-2H3. The van der Waals surface area contributed by atoms with Gasteiger partial charge in [-0.25, -0.2) is 9.18 Å². The van der Waals surface area contributed by atoms with Crippen LogP contribution in [0.25, 0.3) is 11.4 Å². The lowest BCUT2D eigenvalue weighted by molar-refractivity contribution is -0.137. The van der Waals surface area contributed by atoms with E-state index in [2.05, 4.69) is 23.6 Å². The van der Waals surface area contributed by atoms with Crippen LogP contribution in [0.2, 0.25) is 0 Å². The Morgan fingerprint density at radius 1 is 1.00 bits per heavy atom. The van der Waals surface area contributed by atoms with Crippen LogP contribution in [0.4, 0.5) is 4.39 Å². The highest BCUT2D eigenvalue weighted by Crippen LogP contribution is 2.18. The monoisotopic (exact) mass is 494 g/mol. The summed E-state index contributed by atoms with van der Waals surface area (Å²) in [6.07, 6.45) is 10.6. The van der Waals surface area contributed by atoms with Crippen LogP contribution in [-0.4, -0.2) is 50.2 Å². The number of carbonyl (C=O) groups excluding carboxylic acids is 1. The minimum atomic E-state index is -0.336. The molecule has 1 aromatic heterocycles. The molecule has 0 spiro atoms. The summed E-state index contributed by atoms with van der Waals surface area (Å²) in [5.41, 5.74) is 1.24. The van der Waals surface area contributed by atoms with Crippen LogP contribution in [0.1, 0.15) is 69.7 Å². The number of methoxy groups -OCH3 is 2. The molecule has 198 valence electrons. The second-order valence-corrected chi connectivity index (χ2v) is 7.93. The molecule has 0 saturated carbocycles. The number of aryl methyl sites for hydroxylation is 2. The molecule has 0 amide bonds. The number of ether oxygens (including phenoxy) is 3. The Labute approximate surface area is 210 Å². The maximum absolute atomic E-state index is 13.2. The van der Waals surface area contributed by atoms with Crippen molar-refractivity contribution in [3.8, 4) is 11.4 Å². The lowest BCUT2D eigenvalue weighted by Crippen LogP contribution is -2.01. The molecule has 0 radical (unpaired) electrons. The summed E-state index contributed by atoms with van der Waals surface area (Å²) in [6.45, 7) is 11.2. The van der Waals surface area contributed by atoms with E-state index in [1.54, 1.807) is 40.2 Å². The van der Waals surface area contributed by atoms with Crippen molar-refractivity contribution in [2.75, 3.05) is 34.0 Å². The number of hydrogen-bond donors (Lipinski definition) is 0. The average molecular weight is 495 g/mol. The molecule has 0 aliphatic carbocycles. The second-order valence-electron chi connectivity index (χ2n) is 7.93. The van der Waals surface area contributed by atoms with Gasteiger partial charge in [-0.2, -0.15) is 4.98 Å². The maximum atomic E-state index is 13.2. The van der Waals surface area contributed by atoms with Gasteiger partial charge >= 0.3 is 5.97 Å². The van der Waals surface area contributed by atoms with Gasteiger partial charge in [0.05, 0.1) is 6.61 Å². The molecule has 2 aromatic rings. The van der Waals surface area contributed by atoms with E-state index in [0.29, 0.717) is 29.4 Å².